The monoisotopic (exact) mass is 668 g/mol. The normalized spacial score (nSPS) is 18.1. The second-order valence-corrected chi connectivity index (χ2v) is 13.7. The number of sulfonamides is 1. The van der Waals surface area contributed by atoms with Crippen molar-refractivity contribution in [2.24, 2.45) is 16.6 Å². The van der Waals surface area contributed by atoms with Crippen LogP contribution < -0.4 is 15.8 Å². The Morgan fingerprint density at radius 1 is 0.979 bits per heavy atom. The number of guanidine groups is 1. The number of hydrogen-bond donors (Lipinski definition) is 3. The Balaban J connectivity index is 1.19. The van der Waals surface area contributed by atoms with Gasteiger partial charge < -0.3 is 25.6 Å². The number of aliphatic imine (C=N–C) groups is 1. The third kappa shape index (κ3) is 11.2. The van der Waals surface area contributed by atoms with Crippen LogP contribution in [-0.4, -0.2) is 99.0 Å². The minimum atomic E-state index is -3.67. The highest BCUT2D eigenvalue weighted by molar-refractivity contribution is 7.88. The average Bonchev–Trinajstić information content (AvgIpc) is 3.56. The number of carbonyl (C=O) groups is 4. The highest BCUT2D eigenvalue weighted by Gasteiger charge is 2.38. The van der Waals surface area contributed by atoms with Gasteiger partial charge in [-0.2, -0.15) is 4.99 Å². The van der Waals surface area contributed by atoms with Crippen LogP contribution in [-0.2, 0) is 35.6 Å². The van der Waals surface area contributed by atoms with Crippen LogP contribution in [0.1, 0.15) is 54.4 Å². The zero-order valence-corrected chi connectivity index (χ0v) is 27.5. The molecule has 0 aromatic heterocycles. The summed E-state index contributed by atoms with van der Waals surface area (Å²) in [6, 6.07) is 16.1. The lowest BCUT2D eigenvalue weighted by Crippen LogP contribution is -2.54. The summed E-state index contributed by atoms with van der Waals surface area (Å²) in [4.78, 5) is 58.4. The minimum Gasteiger partial charge on any atom is -0.462 e. The van der Waals surface area contributed by atoms with E-state index in [1.165, 1.54) is 4.90 Å². The summed E-state index contributed by atoms with van der Waals surface area (Å²) in [7, 11) is -3.67. The van der Waals surface area contributed by atoms with Crippen LogP contribution in [0.2, 0.25) is 0 Å². The maximum absolute atomic E-state index is 13.5. The molecule has 2 aliphatic heterocycles. The van der Waals surface area contributed by atoms with Crippen LogP contribution in [0.4, 0.5) is 0 Å². The molecule has 2 aliphatic rings. The van der Waals surface area contributed by atoms with Gasteiger partial charge in [-0.05, 0) is 62.1 Å². The number of nitrogens with two attached hydrogens (primary N) is 1. The molecule has 0 unspecified atom stereocenters. The molecule has 2 fully saturated rings. The number of esters is 1. The largest absolute Gasteiger partial charge is 0.462 e. The first-order chi connectivity index (χ1) is 22.5. The maximum atomic E-state index is 13.5. The molecule has 14 heteroatoms. The van der Waals surface area contributed by atoms with Crippen molar-refractivity contribution in [2.45, 2.75) is 57.0 Å². The summed E-state index contributed by atoms with van der Waals surface area (Å²) in [5, 5.41) is 3.00. The predicted molar refractivity (Wildman–Crippen MR) is 177 cm³/mol. The van der Waals surface area contributed by atoms with Crippen molar-refractivity contribution in [3.8, 4) is 0 Å². The van der Waals surface area contributed by atoms with Gasteiger partial charge in [0.15, 0.2) is 5.96 Å². The lowest BCUT2D eigenvalue weighted by atomic mass is 9.97. The van der Waals surface area contributed by atoms with Crippen LogP contribution in [0.15, 0.2) is 65.7 Å². The number of nitrogens with one attached hydrogen (secondary N) is 2. The van der Waals surface area contributed by atoms with Gasteiger partial charge in [-0.25, -0.2) is 17.9 Å². The first-order valence-corrected chi connectivity index (χ1v) is 17.8. The first-order valence-electron chi connectivity index (χ1n) is 15.9. The van der Waals surface area contributed by atoms with E-state index in [0.29, 0.717) is 51.0 Å². The van der Waals surface area contributed by atoms with Crippen LogP contribution in [0, 0.1) is 5.92 Å². The summed E-state index contributed by atoms with van der Waals surface area (Å²) in [5.41, 5.74) is 7.36. The molecule has 0 radical (unpaired) electrons. The lowest BCUT2D eigenvalue weighted by Gasteiger charge is -2.33. The highest BCUT2D eigenvalue weighted by Crippen LogP contribution is 2.21. The Morgan fingerprint density at radius 2 is 1.64 bits per heavy atom. The molecule has 0 spiro atoms. The average molecular weight is 669 g/mol. The van der Waals surface area contributed by atoms with E-state index >= 15 is 0 Å². The molecule has 254 valence electrons. The number of amides is 3. The van der Waals surface area contributed by atoms with Crippen molar-refractivity contribution in [1.29, 1.82) is 0 Å². The molecule has 4 N–H and O–H groups in total. The van der Waals surface area contributed by atoms with Crippen molar-refractivity contribution in [3.63, 3.8) is 0 Å². The molecule has 3 amide bonds. The molecule has 0 bridgehead atoms. The SMILES string of the molecule is CS(=O)(=O)N[C@H](Cc1ccccc1)C(=O)N1CCC[C@H]1C(=O)NCC1CCN(C(N)=NC(=O)CCCOC(=O)c2ccccc2)CC1. The van der Waals surface area contributed by atoms with E-state index in [2.05, 4.69) is 15.0 Å². The van der Waals surface area contributed by atoms with Gasteiger partial charge in [0.1, 0.15) is 12.1 Å². The van der Waals surface area contributed by atoms with E-state index < -0.39 is 34.0 Å². The number of ether oxygens (including phenoxy) is 1. The second kappa shape index (κ2) is 17.0. The Labute approximate surface area is 276 Å². The number of piperidine rings is 1. The molecule has 2 saturated heterocycles. The van der Waals surface area contributed by atoms with Crippen molar-refractivity contribution in [3.05, 3.63) is 71.8 Å². The van der Waals surface area contributed by atoms with Crippen molar-refractivity contribution < 1.29 is 32.3 Å². The maximum Gasteiger partial charge on any atom is 0.338 e. The Hall–Kier alpha value is -4.30. The molecule has 13 nitrogen and oxygen atoms in total. The summed E-state index contributed by atoms with van der Waals surface area (Å²) in [6.07, 6.45) is 4.24. The summed E-state index contributed by atoms with van der Waals surface area (Å²) in [5.74, 6) is -1.17. The fraction of sp³-hybridized carbons (Fsp3) is 0.485. The Morgan fingerprint density at radius 3 is 2.30 bits per heavy atom. The quantitative estimate of drug-likeness (QED) is 0.123. The number of rotatable bonds is 13. The fourth-order valence-corrected chi connectivity index (χ4v) is 6.52. The molecule has 0 saturated carbocycles. The molecule has 2 aromatic rings. The number of carbonyl (C=O) groups excluding carboxylic acids is 4. The van der Waals surface area contributed by atoms with Gasteiger partial charge in [0.25, 0.3) is 0 Å². The molecular weight excluding hydrogens is 624 g/mol. The van der Waals surface area contributed by atoms with Gasteiger partial charge in [0.05, 0.1) is 18.4 Å². The zero-order chi connectivity index (χ0) is 33.8. The third-order valence-electron chi connectivity index (χ3n) is 8.30. The van der Waals surface area contributed by atoms with Crippen LogP contribution in [0.25, 0.3) is 0 Å². The molecule has 0 aliphatic carbocycles. The topological polar surface area (TPSA) is 181 Å². The van der Waals surface area contributed by atoms with E-state index in [4.69, 9.17) is 10.5 Å². The number of hydrogen-bond acceptors (Lipinski definition) is 7. The first kappa shape index (κ1) is 35.6. The van der Waals surface area contributed by atoms with E-state index in [-0.39, 0.29) is 43.1 Å². The Bertz CT molecular complexity index is 1510. The molecule has 2 heterocycles. The van der Waals surface area contributed by atoms with Crippen LogP contribution in [0.3, 0.4) is 0 Å². The zero-order valence-electron chi connectivity index (χ0n) is 26.7. The van der Waals surface area contributed by atoms with Crippen molar-refractivity contribution in [2.75, 3.05) is 39.0 Å². The second-order valence-electron chi connectivity index (χ2n) is 12.0. The lowest BCUT2D eigenvalue weighted by molar-refractivity contribution is -0.139. The molecule has 47 heavy (non-hydrogen) atoms. The van der Waals surface area contributed by atoms with Gasteiger partial charge in [-0.3, -0.25) is 14.4 Å². The fourth-order valence-electron chi connectivity index (χ4n) is 5.82. The van der Waals surface area contributed by atoms with Gasteiger partial charge in [0.2, 0.25) is 27.7 Å². The molecule has 2 atom stereocenters. The van der Waals surface area contributed by atoms with Gasteiger partial charge in [-0.15, -0.1) is 0 Å². The highest BCUT2D eigenvalue weighted by atomic mass is 32.2. The van der Waals surface area contributed by atoms with E-state index in [1.807, 2.05) is 41.3 Å². The summed E-state index contributed by atoms with van der Waals surface area (Å²) < 4.78 is 31.8. The van der Waals surface area contributed by atoms with Crippen LogP contribution in [0.5, 0.6) is 0 Å². The molecule has 2 aromatic carbocycles. The van der Waals surface area contributed by atoms with E-state index in [0.717, 1.165) is 24.7 Å². The number of benzene rings is 2. The number of nitrogens with zero attached hydrogens (tertiary/aromatic N) is 3. The Kier molecular flexibility index (Phi) is 12.9. The van der Waals surface area contributed by atoms with Gasteiger partial charge >= 0.3 is 5.97 Å². The standard InChI is InChI=1S/C33H44N6O7S/c1-47(44,45)37-27(22-24-10-4-2-5-11-24)31(42)39-18-8-14-28(39)30(41)35-23-25-16-19-38(20-17-25)33(34)36-29(40)15-9-21-46-32(43)26-12-6-3-7-13-26/h2-7,10-13,25,27-28,37H,8-9,14-23H2,1H3,(H,35,41)(H2,34,36,40)/t27-,28+/m1/s1. The third-order valence-corrected chi connectivity index (χ3v) is 9.01. The molecular formula is C33H44N6O7S. The van der Waals surface area contributed by atoms with Gasteiger partial charge in [0, 0.05) is 32.6 Å². The van der Waals surface area contributed by atoms with E-state index in [9.17, 15) is 27.6 Å². The number of likely N-dealkylation sites (tertiary alicyclic amines) is 2. The predicted octanol–water partition coefficient (Wildman–Crippen LogP) is 1.44. The molecule has 4 rings (SSSR count). The van der Waals surface area contributed by atoms with Crippen LogP contribution >= 0.6 is 0 Å². The van der Waals surface area contributed by atoms with E-state index in [1.54, 1.807) is 24.3 Å². The smallest absolute Gasteiger partial charge is 0.338 e. The summed E-state index contributed by atoms with van der Waals surface area (Å²) in [6.45, 7) is 2.05. The van der Waals surface area contributed by atoms with Crippen molar-refractivity contribution in [1.82, 2.24) is 19.8 Å². The van der Waals surface area contributed by atoms with Gasteiger partial charge in [-0.1, -0.05) is 48.5 Å². The van der Waals surface area contributed by atoms with Crippen molar-refractivity contribution >= 4 is 39.7 Å². The summed E-state index contributed by atoms with van der Waals surface area (Å²) >= 11 is 0. The minimum absolute atomic E-state index is 0.100.